The van der Waals surface area contributed by atoms with E-state index >= 15 is 0 Å². The molecule has 122 valence electrons. The lowest BCUT2D eigenvalue weighted by molar-refractivity contribution is -0.131. The van der Waals surface area contributed by atoms with Gasteiger partial charge in [-0.1, -0.05) is 30.3 Å². The van der Waals surface area contributed by atoms with Crippen molar-refractivity contribution in [2.24, 2.45) is 0 Å². The number of carbonyl (C=O) groups excluding carboxylic acids is 3. The lowest BCUT2D eigenvalue weighted by Gasteiger charge is -2.31. The summed E-state index contributed by atoms with van der Waals surface area (Å²) < 4.78 is 0. The molecule has 2 heterocycles. The Morgan fingerprint density at radius 2 is 2.00 bits per heavy atom. The fraction of sp³-hybridized carbons (Fsp3) is 0.278. The van der Waals surface area contributed by atoms with Crippen molar-refractivity contribution in [1.29, 1.82) is 0 Å². The maximum Gasteiger partial charge on any atom is 0.325 e. The van der Waals surface area contributed by atoms with Crippen LogP contribution in [0.5, 0.6) is 0 Å². The highest BCUT2D eigenvalue weighted by Gasteiger charge is 2.54. The normalized spacial score (nSPS) is 22.6. The Balaban J connectivity index is 1.63. The zero-order chi connectivity index (χ0) is 16.7. The first-order valence-electron chi connectivity index (χ1n) is 7.91. The minimum Gasteiger partial charge on any atom is -0.319 e. The number of fused-ring (bicyclic) bond motifs is 2. The third-order valence-electron chi connectivity index (χ3n) is 4.73. The number of hydrogen-bond donors (Lipinski definition) is 1. The highest BCUT2D eigenvalue weighted by Crippen LogP contribution is 2.42. The average molecular weight is 340 g/mol. The van der Waals surface area contributed by atoms with Crippen LogP contribution in [-0.2, 0) is 16.8 Å². The Kier molecular flexibility index (Phi) is 3.49. The molecule has 1 aliphatic heterocycles. The number of nitrogens with zero attached hydrogens (tertiary/aromatic N) is 1. The predicted molar refractivity (Wildman–Crippen MR) is 90.0 cm³/mol. The largest absolute Gasteiger partial charge is 0.325 e. The Hall–Kier alpha value is -2.47. The van der Waals surface area contributed by atoms with Crippen LogP contribution in [0.2, 0.25) is 0 Å². The number of aryl methyl sites for hydroxylation is 1. The Morgan fingerprint density at radius 1 is 1.21 bits per heavy atom. The highest BCUT2D eigenvalue weighted by molar-refractivity contribution is 7.10. The molecule has 1 aliphatic carbocycles. The summed E-state index contributed by atoms with van der Waals surface area (Å²) in [5, 5.41) is 4.81. The SMILES string of the molecule is O=C(CN1C(=O)N[C@@]2(CCCc3sccc32)C1=O)c1ccccc1. The topological polar surface area (TPSA) is 66.5 Å². The van der Waals surface area contributed by atoms with E-state index in [0.717, 1.165) is 28.2 Å². The zero-order valence-corrected chi connectivity index (χ0v) is 13.8. The van der Waals surface area contributed by atoms with Gasteiger partial charge in [-0.15, -0.1) is 11.3 Å². The summed E-state index contributed by atoms with van der Waals surface area (Å²) in [7, 11) is 0. The third-order valence-corrected chi connectivity index (χ3v) is 5.71. The van der Waals surface area contributed by atoms with E-state index in [1.807, 2.05) is 17.5 Å². The van der Waals surface area contributed by atoms with Crippen LogP contribution >= 0.6 is 11.3 Å². The summed E-state index contributed by atoms with van der Waals surface area (Å²) in [5.41, 5.74) is 0.410. The van der Waals surface area contributed by atoms with E-state index in [2.05, 4.69) is 5.32 Å². The standard InChI is InChI=1S/C18H16N2O3S/c21-14(12-5-2-1-3-6-12)11-20-16(22)18(19-17(20)23)9-4-7-15-13(18)8-10-24-15/h1-3,5-6,8,10H,4,7,9,11H2,(H,19,23)/t18-/m1/s1. The number of benzene rings is 1. The summed E-state index contributed by atoms with van der Waals surface area (Å²) in [5.74, 6) is -0.548. The number of amides is 3. The van der Waals surface area contributed by atoms with Crippen LogP contribution in [0.3, 0.4) is 0 Å². The maximum atomic E-state index is 13.0. The molecule has 0 unspecified atom stereocenters. The number of Topliss-reactive ketones (excluding diaryl/α,β-unsaturated/α-hetero) is 1. The van der Waals surface area contributed by atoms with E-state index in [0.29, 0.717) is 12.0 Å². The number of rotatable bonds is 3. The van der Waals surface area contributed by atoms with Gasteiger partial charge in [0.25, 0.3) is 5.91 Å². The van der Waals surface area contributed by atoms with Crippen molar-refractivity contribution in [3.05, 3.63) is 57.8 Å². The predicted octanol–water partition coefficient (Wildman–Crippen LogP) is 2.71. The van der Waals surface area contributed by atoms with Gasteiger partial charge in [-0.05, 0) is 30.7 Å². The third kappa shape index (κ3) is 2.17. The molecule has 1 aromatic carbocycles. The Labute approximate surface area is 143 Å². The van der Waals surface area contributed by atoms with Gasteiger partial charge in [-0.3, -0.25) is 14.5 Å². The van der Waals surface area contributed by atoms with Gasteiger partial charge < -0.3 is 5.32 Å². The van der Waals surface area contributed by atoms with Gasteiger partial charge in [0.2, 0.25) is 0 Å². The summed E-state index contributed by atoms with van der Waals surface area (Å²) >= 11 is 1.61. The van der Waals surface area contributed by atoms with Crippen LogP contribution in [0.4, 0.5) is 4.79 Å². The van der Waals surface area contributed by atoms with Crippen LogP contribution in [0.15, 0.2) is 41.8 Å². The minimum absolute atomic E-state index is 0.226. The number of hydrogen-bond acceptors (Lipinski definition) is 4. The van der Waals surface area contributed by atoms with E-state index < -0.39 is 11.6 Å². The average Bonchev–Trinajstić information content (AvgIpc) is 3.16. The fourth-order valence-corrected chi connectivity index (χ4v) is 4.54. The molecule has 3 amide bonds. The molecule has 5 nitrogen and oxygen atoms in total. The summed E-state index contributed by atoms with van der Waals surface area (Å²) in [4.78, 5) is 40.0. The Bertz CT molecular complexity index is 830. The van der Waals surface area contributed by atoms with Crippen molar-refractivity contribution in [2.45, 2.75) is 24.8 Å². The summed E-state index contributed by atoms with van der Waals surface area (Å²) in [6.07, 6.45) is 2.36. The molecule has 1 spiro atoms. The number of thiophene rings is 1. The maximum absolute atomic E-state index is 13.0. The molecule has 0 radical (unpaired) electrons. The van der Waals surface area contributed by atoms with Gasteiger partial charge in [0, 0.05) is 16.0 Å². The molecule has 24 heavy (non-hydrogen) atoms. The molecule has 4 rings (SSSR count). The molecular weight excluding hydrogens is 324 g/mol. The number of ketones is 1. The lowest BCUT2D eigenvalue weighted by atomic mass is 9.80. The smallest absolute Gasteiger partial charge is 0.319 e. The van der Waals surface area contributed by atoms with Crippen LogP contribution in [0.25, 0.3) is 0 Å². The van der Waals surface area contributed by atoms with Crippen molar-refractivity contribution < 1.29 is 14.4 Å². The first kappa shape index (κ1) is 15.1. The van der Waals surface area contributed by atoms with Crippen LogP contribution in [0, 0.1) is 0 Å². The Morgan fingerprint density at radius 3 is 2.79 bits per heavy atom. The van der Waals surface area contributed by atoms with Crippen molar-refractivity contribution in [3.63, 3.8) is 0 Å². The fourth-order valence-electron chi connectivity index (χ4n) is 3.54. The molecule has 1 atom stereocenters. The van der Waals surface area contributed by atoms with Gasteiger partial charge in [-0.25, -0.2) is 4.79 Å². The van der Waals surface area contributed by atoms with Crippen LogP contribution < -0.4 is 5.32 Å². The molecule has 6 heteroatoms. The quantitative estimate of drug-likeness (QED) is 0.690. The second kappa shape index (κ2) is 5.56. The monoisotopic (exact) mass is 340 g/mol. The van der Waals surface area contributed by atoms with E-state index in [9.17, 15) is 14.4 Å². The first-order valence-corrected chi connectivity index (χ1v) is 8.79. The summed E-state index contributed by atoms with van der Waals surface area (Å²) in [6, 6.07) is 10.2. The van der Waals surface area contributed by atoms with Crippen molar-refractivity contribution in [2.75, 3.05) is 6.54 Å². The van der Waals surface area contributed by atoms with E-state index in [1.165, 1.54) is 0 Å². The molecule has 1 N–H and O–H groups in total. The number of nitrogens with one attached hydrogen (secondary N) is 1. The van der Waals surface area contributed by atoms with Crippen molar-refractivity contribution in [1.82, 2.24) is 10.2 Å². The van der Waals surface area contributed by atoms with Crippen LogP contribution in [-0.4, -0.2) is 29.2 Å². The summed E-state index contributed by atoms with van der Waals surface area (Å²) in [6.45, 7) is -0.226. The number of imide groups is 1. The first-order chi connectivity index (χ1) is 11.6. The molecular formula is C18H16N2O3S. The van der Waals surface area contributed by atoms with Gasteiger partial charge in [0.15, 0.2) is 5.78 Å². The van der Waals surface area contributed by atoms with E-state index in [-0.39, 0.29) is 18.2 Å². The number of urea groups is 1. The van der Waals surface area contributed by atoms with Crippen LogP contribution in [0.1, 0.15) is 33.6 Å². The molecule has 1 fully saturated rings. The van der Waals surface area contributed by atoms with E-state index in [1.54, 1.807) is 35.6 Å². The van der Waals surface area contributed by atoms with Gasteiger partial charge in [0.05, 0.1) is 6.54 Å². The molecule has 0 bridgehead atoms. The molecule has 2 aromatic rings. The van der Waals surface area contributed by atoms with E-state index in [4.69, 9.17) is 0 Å². The minimum atomic E-state index is -0.984. The van der Waals surface area contributed by atoms with Gasteiger partial charge in [0.1, 0.15) is 5.54 Å². The highest BCUT2D eigenvalue weighted by atomic mass is 32.1. The lowest BCUT2D eigenvalue weighted by Crippen LogP contribution is -2.46. The van der Waals surface area contributed by atoms with Gasteiger partial charge >= 0.3 is 6.03 Å². The van der Waals surface area contributed by atoms with Gasteiger partial charge in [-0.2, -0.15) is 0 Å². The second-order valence-electron chi connectivity index (χ2n) is 6.13. The molecule has 2 aliphatic rings. The molecule has 1 aromatic heterocycles. The molecule has 1 saturated heterocycles. The number of carbonyl (C=O) groups is 3. The van der Waals surface area contributed by atoms with Crippen molar-refractivity contribution in [3.8, 4) is 0 Å². The second-order valence-corrected chi connectivity index (χ2v) is 7.13. The van der Waals surface area contributed by atoms with Crippen molar-refractivity contribution >= 4 is 29.1 Å². The zero-order valence-electron chi connectivity index (χ0n) is 13.0. The molecule has 0 saturated carbocycles.